The molecule has 3 N–H and O–H groups in total. The molecular formula is C13H19BrN2O. The molecule has 0 radical (unpaired) electrons. The Morgan fingerprint density at radius 1 is 1.53 bits per heavy atom. The molecule has 1 aromatic carbocycles. The van der Waals surface area contributed by atoms with Crippen molar-refractivity contribution in [1.29, 1.82) is 0 Å². The Hall–Kier alpha value is -0.870. The molecule has 0 heterocycles. The van der Waals surface area contributed by atoms with Gasteiger partial charge < -0.3 is 11.1 Å². The second-order valence-corrected chi connectivity index (χ2v) is 5.11. The van der Waals surface area contributed by atoms with Crippen LogP contribution in [0.2, 0.25) is 0 Å². The van der Waals surface area contributed by atoms with E-state index in [2.05, 4.69) is 33.4 Å². The van der Waals surface area contributed by atoms with Gasteiger partial charge in [-0.25, -0.2) is 0 Å². The smallest absolute Gasteiger partial charge is 0.220 e. The number of carbonyl (C=O) groups excluding carboxylic acids is 1. The Morgan fingerprint density at radius 2 is 2.29 bits per heavy atom. The Kier molecular flexibility index (Phi) is 6.22. The van der Waals surface area contributed by atoms with Crippen molar-refractivity contribution in [2.45, 2.75) is 32.2 Å². The summed E-state index contributed by atoms with van der Waals surface area (Å²) in [6, 6.07) is 8.28. The Bertz CT molecular complexity index is 368. The minimum absolute atomic E-state index is 0.0814. The summed E-state index contributed by atoms with van der Waals surface area (Å²) in [6.07, 6.45) is 2.10. The summed E-state index contributed by atoms with van der Waals surface area (Å²) in [5.41, 5.74) is 6.58. The first kappa shape index (κ1) is 14.2. The number of hydrogen-bond donors (Lipinski definition) is 2. The average Bonchev–Trinajstić information content (AvgIpc) is 2.26. The second-order valence-electron chi connectivity index (χ2n) is 4.19. The molecule has 0 aliphatic carbocycles. The molecule has 0 saturated heterocycles. The predicted octanol–water partition coefficient (Wildman–Crippen LogP) is 2.24. The van der Waals surface area contributed by atoms with Gasteiger partial charge in [-0.05, 0) is 44.0 Å². The van der Waals surface area contributed by atoms with Crippen molar-refractivity contribution in [3.05, 3.63) is 34.3 Å². The average molecular weight is 299 g/mol. The SMILES string of the molecule is CC(Cc1cccc(Br)c1)NC(=O)CCCN. The zero-order valence-electron chi connectivity index (χ0n) is 10.1. The van der Waals surface area contributed by atoms with Gasteiger partial charge in [-0.15, -0.1) is 0 Å². The summed E-state index contributed by atoms with van der Waals surface area (Å²) in [7, 11) is 0. The van der Waals surface area contributed by atoms with Crippen molar-refractivity contribution in [3.63, 3.8) is 0 Å². The van der Waals surface area contributed by atoms with E-state index >= 15 is 0 Å². The van der Waals surface area contributed by atoms with Crippen molar-refractivity contribution in [2.24, 2.45) is 5.73 Å². The third kappa shape index (κ3) is 5.84. The van der Waals surface area contributed by atoms with Gasteiger partial charge in [0.1, 0.15) is 0 Å². The van der Waals surface area contributed by atoms with E-state index in [1.807, 2.05) is 19.1 Å². The molecule has 0 spiro atoms. The van der Waals surface area contributed by atoms with Crippen molar-refractivity contribution >= 4 is 21.8 Å². The highest BCUT2D eigenvalue weighted by Crippen LogP contribution is 2.13. The molecule has 1 amide bonds. The highest BCUT2D eigenvalue weighted by molar-refractivity contribution is 9.10. The van der Waals surface area contributed by atoms with E-state index in [1.165, 1.54) is 5.56 Å². The molecule has 1 unspecified atom stereocenters. The number of halogens is 1. The van der Waals surface area contributed by atoms with E-state index in [9.17, 15) is 4.79 Å². The molecule has 94 valence electrons. The van der Waals surface area contributed by atoms with E-state index in [1.54, 1.807) is 0 Å². The van der Waals surface area contributed by atoms with Crippen LogP contribution in [0.3, 0.4) is 0 Å². The fraction of sp³-hybridized carbons (Fsp3) is 0.462. The second kappa shape index (κ2) is 7.45. The number of hydrogen-bond acceptors (Lipinski definition) is 2. The minimum atomic E-state index is 0.0814. The van der Waals surface area contributed by atoms with Crippen LogP contribution in [0, 0.1) is 0 Å². The molecule has 17 heavy (non-hydrogen) atoms. The molecule has 0 aromatic heterocycles. The van der Waals surface area contributed by atoms with Crippen molar-refractivity contribution in [2.75, 3.05) is 6.54 Å². The summed E-state index contributed by atoms with van der Waals surface area (Å²) in [5, 5.41) is 2.97. The molecule has 4 heteroatoms. The summed E-state index contributed by atoms with van der Waals surface area (Å²) >= 11 is 3.44. The molecule has 0 fully saturated rings. The lowest BCUT2D eigenvalue weighted by Crippen LogP contribution is -2.34. The third-order valence-corrected chi connectivity index (χ3v) is 2.94. The van der Waals surface area contributed by atoms with Crippen LogP contribution in [0.1, 0.15) is 25.3 Å². The van der Waals surface area contributed by atoms with Crippen molar-refractivity contribution < 1.29 is 4.79 Å². The Balaban J connectivity index is 2.39. The van der Waals surface area contributed by atoms with Gasteiger partial charge in [0, 0.05) is 16.9 Å². The maximum Gasteiger partial charge on any atom is 0.220 e. The standard InChI is InChI=1S/C13H19BrN2O/c1-10(16-13(17)6-3-7-15)8-11-4-2-5-12(14)9-11/h2,4-5,9-10H,3,6-8,15H2,1H3,(H,16,17). The maximum atomic E-state index is 11.5. The Morgan fingerprint density at radius 3 is 2.94 bits per heavy atom. The largest absolute Gasteiger partial charge is 0.353 e. The molecule has 1 rings (SSSR count). The molecule has 1 atom stereocenters. The number of nitrogens with one attached hydrogen (secondary N) is 1. The van der Waals surface area contributed by atoms with Crippen LogP contribution in [0.15, 0.2) is 28.7 Å². The predicted molar refractivity (Wildman–Crippen MR) is 73.7 cm³/mol. The minimum Gasteiger partial charge on any atom is -0.353 e. The van der Waals surface area contributed by atoms with Gasteiger partial charge in [0.15, 0.2) is 0 Å². The summed E-state index contributed by atoms with van der Waals surface area (Å²) in [6.45, 7) is 2.58. The zero-order chi connectivity index (χ0) is 12.7. The van der Waals surface area contributed by atoms with Gasteiger partial charge in [-0.1, -0.05) is 28.1 Å². The van der Waals surface area contributed by atoms with E-state index in [0.29, 0.717) is 13.0 Å². The fourth-order valence-electron chi connectivity index (χ4n) is 1.68. The molecule has 0 saturated carbocycles. The van der Waals surface area contributed by atoms with E-state index in [4.69, 9.17) is 5.73 Å². The van der Waals surface area contributed by atoms with Gasteiger partial charge >= 0.3 is 0 Å². The van der Waals surface area contributed by atoms with E-state index in [-0.39, 0.29) is 11.9 Å². The van der Waals surface area contributed by atoms with Crippen LogP contribution in [0.25, 0.3) is 0 Å². The lowest BCUT2D eigenvalue weighted by molar-refractivity contribution is -0.121. The molecule has 0 bridgehead atoms. The number of amides is 1. The number of rotatable bonds is 6. The number of nitrogens with two attached hydrogens (primary N) is 1. The van der Waals surface area contributed by atoms with Crippen molar-refractivity contribution in [3.8, 4) is 0 Å². The van der Waals surface area contributed by atoms with Gasteiger partial charge in [0.2, 0.25) is 5.91 Å². The molecule has 0 aliphatic heterocycles. The molecular weight excluding hydrogens is 280 g/mol. The highest BCUT2D eigenvalue weighted by atomic mass is 79.9. The van der Waals surface area contributed by atoms with Gasteiger partial charge in [0.05, 0.1) is 0 Å². The maximum absolute atomic E-state index is 11.5. The molecule has 0 aliphatic rings. The van der Waals surface area contributed by atoms with Crippen LogP contribution >= 0.6 is 15.9 Å². The topological polar surface area (TPSA) is 55.1 Å². The van der Waals surface area contributed by atoms with Gasteiger partial charge in [0.25, 0.3) is 0 Å². The van der Waals surface area contributed by atoms with Crippen molar-refractivity contribution in [1.82, 2.24) is 5.32 Å². The molecule has 1 aromatic rings. The summed E-state index contributed by atoms with van der Waals surface area (Å²) in [4.78, 5) is 11.5. The zero-order valence-corrected chi connectivity index (χ0v) is 11.7. The Labute approximate surface area is 111 Å². The number of benzene rings is 1. The quantitative estimate of drug-likeness (QED) is 0.846. The third-order valence-electron chi connectivity index (χ3n) is 2.45. The lowest BCUT2D eigenvalue weighted by atomic mass is 10.1. The molecule has 3 nitrogen and oxygen atoms in total. The fourth-order valence-corrected chi connectivity index (χ4v) is 2.12. The summed E-state index contributed by atoms with van der Waals surface area (Å²) in [5.74, 6) is 0.0814. The monoisotopic (exact) mass is 298 g/mol. The van der Waals surface area contributed by atoms with E-state index in [0.717, 1.165) is 17.3 Å². The number of carbonyl (C=O) groups is 1. The van der Waals surface area contributed by atoms with Crippen LogP contribution in [-0.4, -0.2) is 18.5 Å². The lowest BCUT2D eigenvalue weighted by Gasteiger charge is -2.14. The van der Waals surface area contributed by atoms with Crippen LogP contribution < -0.4 is 11.1 Å². The van der Waals surface area contributed by atoms with E-state index < -0.39 is 0 Å². The van der Waals surface area contributed by atoms with Crippen LogP contribution in [0.4, 0.5) is 0 Å². The first-order valence-corrected chi connectivity index (χ1v) is 6.65. The summed E-state index contributed by atoms with van der Waals surface area (Å²) < 4.78 is 1.07. The highest BCUT2D eigenvalue weighted by Gasteiger charge is 2.07. The van der Waals surface area contributed by atoms with Gasteiger partial charge in [-0.2, -0.15) is 0 Å². The first-order chi connectivity index (χ1) is 8.11. The first-order valence-electron chi connectivity index (χ1n) is 5.85. The van der Waals surface area contributed by atoms with Gasteiger partial charge in [-0.3, -0.25) is 4.79 Å². The van der Waals surface area contributed by atoms with Crippen LogP contribution in [0.5, 0.6) is 0 Å². The van der Waals surface area contributed by atoms with Crippen LogP contribution in [-0.2, 0) is 11.2 Å². The normalized spacial score (nSPS) is 12.2.